The summed E-state index contributed by atoms with van der Waals surface area (Å²) >= 11 is 0. The number of aliphatic carboxylic acids is 1. The summed E-state index contributed by atoms with van der Waals surface area (Å²) in [6.07, 6.45) is 0. The Morgan fingerprint density at radius 3 is 2.00 bits per heavy atom. The predicted molar refractivity (Wildman–Crippen MR) is 76.6 cm³/mol. The summed E-state index contributed by atoms with van der Waals surface area (Å²) in [5, 5.41) is 9.51. The minimum absolute atomic E-state index is 0.597. The maximum absolute atomic E-state index is 11.6. The summed E-state index contributed by atoms with van der Waals surface area (Å²) in [6, 6.07) is 13.5. The quantitative estimate of drug-likeness (QED) is 0.903. The molecule has 0 heterocycles. The molecule has 0 aliphatic rings. The molecule has 2 aromatic carbocycles. The molecule has 0 spiro atoms. The molecule has 0 fully saturated rings. The number of benzene rings is 2. The minimum atomic E-state index is -0.813. The summed E-state index contributed by atoms with van der Waals surface area (Å²) in [7, 11) is 0. The molecule has 1 atom stereocenters. The van der Waals surface area contributed by atoms with Gasteiger partial charge in [-0.25, -0.2) is 0 Å². The molecule has 1 N–H and O–H groups in total. The van der Waals surface area contributed by atoms with Crippen LogP contribution in [-0.4, -0.2) is 11.1 Å². The van der Waals surface area contributed by atoms with E-state index in [0.717, 1.165) is 22.3 Å². The molecule has 2 aromatic rings. The molecule has 0 saturated carbocycles. The van der Waals surface area contributed by atoms with Crippen molar-refractivity contribution in [1.82, 2.24) is 0 Å². The number of carboxylic acid groups (broad SMARTS) is 1. The van der Waals surface area contributed by atoms with Crippen molar-refractivity contribution in [2.75, 3.05) is 0 Å². The highest BCUT2D eigenvalue weighted by Crippen LogP contribution is 2.26. The van der Waals surface area contributed by atoms with Crippen LogP contribution in [0.4, 0.5) is 0 Å². The highest BCUT2D eigenvalue weighted by molar-refractivity contribution is 5.80. The molecule has 2 heteroatoms. The van der Waals surface area contributed by atoms with Crippen LogP contribution in [0.3, 0.4) is 0 Å². The summed E-state index contributed by atoms with van der Waals surface area (Å²) in [5.74, 6) is -1.41. The molecule has 0 aliphatic carbocycles. The molecule has 0 amide bonds. The maximum atomic E-state index is 11.6. The standard InChI is InChI=1S/C17H18O2/c1-11-4-7-14(8-5-11)16(17(18)19)15-9-6-12(2)13(3)10-15/h4-10,16H,1-3H3,(H,18,19). The second kappa shape index (κ2) is 5.27. The molecule has 98 valence electrons. The third kappa shape index (κ3) is 2.84. The molecule has 0 bridgehead atoms. The van der Waals surface area contributed by atoms with Gasteiger partial charge in [0.05, 0.1) is 0 Å². The topological polar surface area (TPSA) is 37.3 Å². The Morgan fingerprint density at radius 2 is 1.47 bits per heavy atom. The van der Waals surface area contributed by atoms with Gasteiger partial charge in [0, 0.05) is 0 Å². The van der Waals surface area contributed by atoms with Gasteiger partial charge in [-0.05, 0) is 43.0 Å². The Bertz CT molecular complexity index is 597. The SMILES string of the molecule is Cc1ccc(C(C(=O)O)c2ccc(C)c(C)c2)cc1. The third-order valence-corrected chi connectivity index (χ3v) is 3.52. The van der Waals surface area contributed by atoms with Gasteiger partial charge < -0.3 is 5.11 Å². The first-order valence-electron chi connectivity index (χ1n) is 6.35. The van der Waals surface area contributed by atoms with Crippen LogP contribution in [0, 0.1) is 20.8 Å². The molecule has 0 radical (unpaired) electrons. The lowest BCUT2D eigenvalue weighted by Crippen LogP contribution is -2.13. The van der Waals surface area contributed by atoms with Crippen molar-refractivity contribution >= 4 is 5.97 Å². The molecule has 0 aromatic heterocycles. The van der Waals surface area contributed by atoms with E-state index in [4.69, 9.17) is 0 Å². The van der Waals surface area contributed by atoms with E-state index in [0.29, 0.717) is 0 Å². The summed E-state index contributed by atoms with van der Waals surface area (Å²) in [4.78, 5) is 11.6. The zero-order valence-corrected chi connectivity index (χ0v) is 11.5. The molecule has 2 nitrogen and oxygen atoms in total. The molecule has 1 unspecified atom stereocenters. The lowest BCUT2D eigenvalue weighted by Gasteiger charge is -2.15. The van der Waals surface area contributed by atoms with E-state index in [1.165, 1.54) is 5.56 Å². The fraction of sp³-hybridized carbons (Fsp3) is 0.235. The lowest BCUT2D eigenvalue weighted by molar-refractivity contribution is -0.137. The van der Waals surface area contributed by atoms with Crippen LogP contribution in [0.25, 0.3) is 0 Å². The number of rotatable bonds is 3. The first-order valence-corrected chi connectivity index (χ1v) is 6.35. The first-order chi connectivity index (χ1) is 8.99. The Kier molecular flexibility index (Phi) is 3.70. The van der Waals surface area contributed by atoms with Crippen molar-refractivity contribution in [3.8, 4) is 0 Å². The van der Waals surface area contributed by atoms with Crippen molar-refractivity contribution < 1.29 is 9.90 Å². The summed E-state index contributed by atoms with van der Waals surface area (Å²) < 4.78 is 0. The van der Waals surface area contributed by atoms with Gasteiger partial charge in [-0.3, -0.25) is 4.79 Å². The van der Waals surface area contributed by atoms with Crippen molar-refractivity contribution in [2.45, 2.75) is 26.7 Å². The van der Waals surface area contributed by atoms with Crippen molar-refractivity contribution in [1.29, 1.82) is 0 Å². The van der Waals surface area contributed by atoms with Gasteiger partial charge in [0.25, 0.3) is 0 Å². The van der Waals surface area contributed by atoms with Crippen LogP contribution < -0.4 is 0 Å². The number of carboxylic acids is 1. The maximum Gasteiger partial charge on any atom is 0.315 e. The molecular weight excluding hydrogens is 236 g/mol. The summed E-state index contributed by atoms with van der Waals surface area (Å²) in [5.41, 5.74) is 5.08. The Hall–Kier alpha value is -2.09. The molecule has 0 aliphatic heterocycles. The second-order valence-electron chi connectivity index (χ2n) is 5.03. The minimum Gasteiger partial charge on any atom is -0.481 e. The fourth-order valence-corrected chi connectivity index (χ4v) is 2.18. The van der Waals surface area contributed by atoms with Crippen molar-refractivity contribution in [3.63, 3.8) is 0 Å². The van der Waals surface area contributed by atoms with E-state index in [1.807, 2.05) is 63.2 Å². The van der Waals surface area contributed by atoms with Gasteiger partial charge in [-0.15, -0.1) is 0 Å². The number of hydrogen-bond acceptors (Lipinski definition) is 1. The van der Waals surface area contributed by atoms with E-state index in [9.17, 15) is 9.90 Å². The number of aryl methyl sites for hydroxylation is 3. The Labute approximate surface area is 113 Å². The van der Waals surface area contributed by atoms with Gasteiger partial charge in [0.2, 0.25) is 0 Å². The van der Waals surface area contributed by atoms with Crippen LogP contribution in [0.1, 0.15) is 33.7 Å². The van der Waals surface area contributed by atoms with Gasteiger partial charge in [0.15, 0.2) is 0 Å². The molecule has 0 saturated heterocycles. The third-order valence-electron chi connectivity index (χ3n) is 3.52. The van der Waals surface area contributed by atoms with E-state index in [2.05, 4.69) is 0 Å². The molecule has 19 heavy (non-hydrogen) atoms. The van der Waals surface area contributed by atoms with Crippen LogP contribution >= 0.6 is 0 Å². The van der Waals surface area contributed by atoms with Crippen LogP contribution in [0.5, 0.6) is 0 Å². The fourth-order valence-electron chi connectivity index (χ4n) is 2.18. The summed E-state index contributed by atoms with van der Waals surface area (Å²) in [6.45, 7) is 6.03. The second-order valence-corrected chi connectivity index (χ2v) is 5.03. The van der Waals surface area contributed by atoms with E-state index >= 15 is 0 Å². The average Bonchev–Trinajstić information content (AvgIpc) is 2.36. The zero-order chi connectivity index (χ0) is 14.0. The highest BCUT2D eigenvalue weighted by atomic mass is 16.4. The van der Waals surface area contributed by atoms with Crippen molar-refractivity contribution in [3.05, 3.63) is 70.3 Å². The van der Waals surface area contributed by atoms with E-state index in [1.54, 1.807) is 0 Å². The Balaban J connectivity index is 2.48. The Morgan fingerprint density at radius 1 is 0.895 bits per heavy atom. The highest BCUT2D eigenvalue weighted by Gasteiger charge is 2.22. The zero-order valence-electron chi connectivity index (χ0n) is 11.5. The monoisotopic (exact) mass is 254 g/mol. The largest absolute Gasteiger partial charge is 0.481 e. The number of carbonyl (C=O) groups is 1. The van der Waals surface area contributed by atoms with Gasteiger partial charge >= 0.3 is 5.97 Å². The smallest absolute Gasteiger partial charge is 0.315 e. The van der Waals surface area contributed by atoms with Crippen LogP contribution in [-0.2, 0) is 4.79 Å². The lowest BCUT2D eigenvalue weighted by atomic mass is 9.89. The van der Waals surface area contributed by atoms with Crippen molar-refractivity contribution in [2.24, 2.45) is 0 Å². The average molecular weight is 254 g/mol. The normalized spacial score (nSPS) is 12.2. The van der Waals surface area contributed by atoms with Crippen LogP contribution in [0.2, 0.25) is 0 Å². The first kappa shape index (κ1) is 13.3. The molecule has 2 rings (SSSR count). The predicted octanol–water partition coefficient (Wildman–Crippen LogP) is 3.83. The number of hydrogen-bond donors (Lipinski definition) is 1. The van der Waals surface area contributed by atoms with E-state index in [-0.39, 0.29) is 0 Å². The van der Waals surface area contributed by atoms with Crippen LogP contribution in [0.15, 0.2) is 42.5 Å². The molecular formula is C17H18O2. The van der Waals surface area contributed by atoms with E-state index < -0.39 is 11.9 Å². The van der Waals surface area contributed by atoms with Gasteiger partial charge in [-0.2, -0.15) is 0 Å². The van der Waals surface area contributed by atoms with Gasteiger partial charge in [0.1, 0.15) is 5.92 Å². The van der Waals surface area contributed by atoms with Gasteiger partial charge in [-0.1, -0.05) is 48.0 Å².